The summed E-state index contributed by atoms with van der Waals surface area (Å²) < 4.78 is 47.9. The molecule has 2 amide bonds. The van der Waals surface area contributed by atoms with Crippen LogP contribution >= 0.6 is 0 Å². The number of hydrogen-bond acceptors (Lipinski definition) is 6. The normalized spacial score (nSPS) is 28.7. The summed E-state index contributed by atoms with van der Waals surface area (Å²) in [6.45, 7) is 1.18. The van der Waals surface area contributed by atoms with E-state index in [0.29, 0.717) is 38.0 Å². The Hall–Kier alpha value is -2.28. The number of ether oxygens (including phenoxy) is 1. The molecule has 0 spiro atoms. The number of benzene rings is 1. The SMILES string of the molecule is O=C(O)N1CCC(CS(=O)(=O)N2CCC(c3ccccc3F)CC2)(C(=O)NO)CC1C1CCOC1. The summed E-state index contributed by atoms with van der Waals surface area (Å²) in [5.41, 5.74) is 0.726. The van der Waals surface area contributed by atoms with Gasteiger partial charge in [-0.3, -0.25) is 10.0 Å². The van der Waals surface area contributed by atoms with E-state index in [1.165, 1.54) is 15.3 Å². The molecule has 1 aromatic rings. The summed E-state index contributed by atoms with van der Waals surface area (Å²) in [5.74, 6) is -1.91. The fraction of sp³-hybridized carbons (Fsp3) is 0.652. The molecule has 0 aromatic heterocycles. The molecule has 35 heavy (non-hydrogen) atoms. The van der Waals surface area contributed by atoms with Crippen LogP contribution in [0.2, 0.25) is 0 Å². The number of hydrogen-bond donors (Lipinski definition) is 3. The van der Waals surface area contributed by atoms with Gasteiger partial charge in [0, 0.05) is 38.2 Å². The second-order valence-corrected chi connectivity index (χ2v) is 11.8. The fourth-order valence-corrected chi connectivity index (χ4v) is 7.88. The van der Waals surface area contributed by atoms with E-state index in [2.05, 4.69) is 0 Å². The first kappa shape index (κ1) is 25.8. The van der Waals surface area contributed by atoms with Gasteiger partial charge in [-0.15, -0.1) is 0 Å². The minimum atomic E-state index is -3.93. The van der Waals surface area contributed by atoms with Crippen molar-refractivity contribution in [1.82, 2.24) is 14.7 Å². The lowest BCUT2D eigenvalue weighted by molar-refractivity contribution is -0.143. The Kier molecular flexibility index (Phi) is 7.65. The summed E-state index contributed by atoms with van der Waals surface area (Å²) in [6.07, 6.45) is 0.341. The Balaban J connectivity index is 1.51. The van der Waals surface area contributed by atoms with Gasteiger partial charge in [0.05, 0.1) is 17.8 Å². The highest BCUT2D eigenvalue weighted by molar-refractivity contribution is 7.89. The number of piperidine rings is 2. The van der Waals surface area contributed by atoms with Gasteiger partial charge in [0.2, 0.25) is 10.0 Å². The molecule has 0 bridgehead atoms. The van der Waals surface area contributed by atoms with Crippen LogP contribution in [0.4, 0.5) is 9.18 Å². The summed E-state index contributed by atoms with van der Waals surface area (Å²) in [6, 6.07) is 5.89. The average Bonchev–Trinajstić information content (AvgIpc) is 3.38. The van der Waals surface area contributed by atoms with Crippen molar-refractivity contribution in [3.63, 3.8) is 0 Å². The molecule has 3 unspecified atom stereocenters. The minimum Gasteiger partial charge on any atom is -0.465 e. The van der Waals surface area contributed by atoms with Crippen LogP contribution in [-0.4, -0.2) is 84.6 Å². The Morgan fingerprint density at radius 3 is 2.49 bits per heavy atom. The Morgan fingerprint density at radius 2 is 1.89 bits per heavy atom. The Labute approximate surface area is 204 Å². The zero-order valence-electron chi connectivity index (χ0n) is 19.4. The number of carbonyl (C=O) groups is 2. The van der Waals surface area contributed by atoms with Gasteiger partial charge in [-0.2, -0.15) is 0 Å². The van der Waals surface area contributed by atoms with Crippen LogP contribution in [0.1, 0.15) is 43.6 Å². The largest absolute Gasteiger partial charge is 0.465 e. The van der Waals surface area contributed by atoms with Gasteiger partial charge in [0.1, 0.15) is 5.82 Å². The minimum absolute atomic E-state index is 0.0190. The first-order valence-electron chi connectivity index (χ1n) is 11.9. The maximum absolute atomic E-state index is 14.2. The highest BCUT2D eigenvalue weighted by atomic mass is 32.2. The number of rotatable bonds is 6. The van der Waals surface area contributed by atoms with Crippen molar-refractivity contribution in [3.05, 3.63) is 35.6 Å². The lowest BCUT2D eigenvalue weighted by Crippen LogP contribution is -2.59. The van der Waals surface area contributed by atoms with E-state index in [0.717, 1.165) is 0 Å². The molecule has 10 nitrogen and oxygen atoms in total. The molecule has 0 aliphatic carbocycles. The van der Waals surface area contributed by atoms with Crippen LogP contribution in [0.5, 0.6) is 0 Å². The van der Waals surface area contributed by atoms with Crippen molar-refractivity contribution in [2.24, 2.45) is 11.3 Å². The van der Waals surface area contributed by atoms with Gasteiger partial charge in [0.25, 0.3) is 5.91 Å². The number of hydroxylamine groups is 1. The quantitative estimate of drug-likeness (QED) is 0.391. The molecule has 12 heteroatoms. The standard InChI is InChI=1S/C23H32FN3O7S/c24-19-4-2-1-3-18(19)16-5-9-26(10-6-16)35(32,33)15-23(21(28)25-31)8-11-27(22(29)30)20(13-23)17-7-12-34-14-17/h1-4,16-17,20,31H,5-15H2,(H,25,28)(H,29,30). The van der Waals surface area contributed by atoms with Crippen molar-refractivity contribution < 1.29 is 37.4 Å². The lowest BCUT2D eigenvalue weighted by Gasteiger charge is -2.46. The third-order valence-corrected chi connectivity index (χ3v) is 9.89. The van der Waals surface area contributed by atoms with Gasteiger partial charge in [-0.1, -0.05) is 18.2 Å². The van der Waals surface area contributed by atoms with E-state index in [9.17, 15) is 32.7 Å². The van der Waals surface area contributed by atoms with E-state index in [1.54, 1.807) is 23.7 Å². The van der Waals surface area contributed by atoms with E-state index < -0.39 is 39.2 Å². The molecule has 4 rings (SSSR count). The Bertz CT molecular complexity index is 1040. The molecule has 3 N–H and O–H groups in total. The van der Waals surface area contributed by atoms with Crippen molar-refractivity contribution in [2.75, 3.05) is 38.6 Å². The first-order chi connectivity index (χ1) is 16.7. The Morgan fingerprint density at radius 1 is 1.17 bits per heavy atom. The van der Waals surface area contributed by atoms with E-state index >= 15 is 0 Å². The summed E-state index contributed by atoms with van der Waals surface area (Å²) in [7, 11) is -3.93. The summed E-state index contributed by atoms with van der Waals surface area (Å²) in [4.78, 5) is 26.0. The highest BCUT2D eigenvalue weighted by Gasteiger charge is 2.52. The third kappa shape index (κ3) is 5.30. The number of halogens is 1. The molecule has 3 fully saturated rings. The number of amides is 2. The van der Waals surface area contributed by atoms with Crippen molar-refractivity contribution in [3.8, 4) is 0 Å². The van der Waals surface area contributed by atoms with Crippen molar-refractivity contribution >= 4 is 22.0 Å². The highest BCUT2D eigenvalue weighted by Crippen LogP contribution is 2.42. The van der Waals surface area contributed by atoms with Gasteiger partial charge in [-0.25, -0.2) is 27.4 Å². The number of nitrogens with zero attached hydrogens (tertiary/aromatic N) is 2. The van der Waals surface area contributed by atoms with E-state index in [4.69, 9.17) is 4.74 Å². The van der Waals surface area contributed by atoms with Crippen LogP contribution in [0.15, 0.2) is 24.3 Å². The maximum Gasteiger partial charge on any atom is 0.407 e. The zero-order valence-corrected chi connectivity index (χ0v) is 20.3. The van der Waals surface area contributed by atoms with Crippen molar-refractivity contribution in [2.45, 2.75) is 44.1 Å². The summed E-state index contributed by atoms with van der Waals surface area (Å²) >= 11 is 0. The predicted molar refractivity (Wildman–Crippen MR) is 123 cm³/mol. The van der Waals surface area contributed by atoms with Crippen LogP contribution in [0, 0.1) is 17.2 Å². The number of sulfonamides is 1. The fourth-order valence-electron chi connectivity index (χ4n) is 5.84. The second kappa shape index (κ2) is 10.4. The topological polar surface area (TPSA) is 136 Å². The molecule has 3 aliphatic heterocycles. The molecular weight excluding hydrogens is 481 g/mol. The van der Waals surface area contributed by atoms with Crippen LogP contribution < -0.4 is 5.48 Å². The third-order valence-electron chi connectivity index (χ3n) is 7.82. The van der Waals surface area contributed by atoms with Gasteiger partial charge < -0.3 is 14.7 Å². The van der Waals surface area contributed by atoms with Crippen LogP contribution in [-0.2, 0) is 19.6 Å². The lowest BCUT2D eigenvalue weighted by atomic mass is 9.73. The first-order valence-corrected chi connectivity index (χ1v) is 13.5. The number of nitrogens with one attached hydrogen (secondary N) is 1. The number of carboxylic acid groups (broad SMARTS) is 1. The molecule has 3 saturated heterocycles. The molecule has 3 atom stereocenters. The van der Waals surface area contributed by atoms with Crippen LogP contribution in [0.3, 0.4) is 0 Å². The van der Waals surface area contributed by atoms with E-state index in [1.807, 2.05) is 0 Å². The number of carbonyl (C=O) groups excluding carboxylic acids is 1. The van der Waals surface area contributed by atoms with Gasteiger partial charge >= 0.3 is 6.09 Å². The molecular formula is C23H32FN3O7S. The van der Waals surface area contributed by atoms with Gasteiger partial charge in [0.15, 0.2) is 0 Å². The number of likely N-dealkylation sites (tertiary alicyclic amines) is 1. The molecule has 1 aromatic carbocycles. The zero-order chi connectivity index (χ0) is 25.2. The predicted octanol–water partition coefficient (Wildman–Crippen LogP) is 2.01. The van der Waals surface area contributed by atoms with Crippen LogP contribution in [0.25, 0.3) is 0 Å². The average molecular weight is 514 g/mol. The van der Waals surface area contributed by atoms with Gasteiger partial charge in [-0.05, 0) is 49.7 Å². The second-order valence-electron chi connectivity index (χ2n) is 9.79. The molecule has 194 valence electrons. The molecule has 3 heterocycles. The maximum atomic E-state index is 14.2. The summed E-state index contributed by atoms with van der Waals surface area (Å²) in [5, 5.41) is 19.2. The smallest absolute Gasteiger partial charge is 0.407 e. The van der Waals surface area contributed by atoms with Crippen molar-refractivity contribution in [1.29, 1.82) is 0 Å². The molecule has 0 saturated carbocycles. The monoisotopic (exact) mass is 513 g/mol. The van der Waals surface area contributed by atoms with E-state index in [-0.39, 0.29) is 50.1 Å². The molecule has 3 aliphatic rings. The molecule has 0 radical (unpaired) electrons.